The standard InChI is InChI=1S/C10H8BrN3O2/c11-5-1-2-9-8-6-7(14(15)16)3-4-10(8)13-12-9/h1-4,6H,5H2,(H,12,13). The molecule has 0 aliphatic carbocycles. The van der Waals surface area contributed by atoms with Crippen LogP contribution >= 0.6 is 15.9 Å². The van der Waals surface area contributed by atoms with Gasteiger partial charge in [-0.1, -0.05) is 22.0 Å². The highest BCUT2D eigenvalue weighted by Gasteiger charge is 2.09. The second kappa shape index (κ2) is 4.44. The summed E-state index contributed by atoms with van der Waals surface area (Å²) in [5.41, 5.74) is 1.57. The zero-order valence-corrected chi connectivity index (χ0v) is 9.77. The van der Waals surface area contributed by atoms with Crippen LogP contribution < -0.4 is 0 Å². The van der Waals surface area contributed by atoms with Crippen LogP contribution in [0, 0.1) is 10.1 Å². The molecule has 6 heteroatoms. The maximum atomic E-state index is 10.6. The highest BCUT2D eigenvalue weighted by molar-refractivity contribution is 9.09. The number of hydrogen-bond acceptors (Lipinski definition) is 3. The van der Waals surface area contributed by atoms with E-state index in [2.05, 4.69) is 26.1 Å². The van der Waals surface area contributed by atoms with E-state index in [0.717, 1.165) is 21.9 Å². The van der Waals surface area contributed by atoms with Gasteiger partial charge in [-0.05, 0) is 12.1 Å². The lowest BCUT2D eigenvalue weighted by Crippen LogP contribution is -1.86. The van der Waals surface area contributed by atoms with Crippen molar-refractivity contribution in [3.05, 3.63) is 40.1 Å². The van der Waals surface area contributed by atoms with Crippen molar-refractivity contribution in [3.8, 4) is 0 Å². The minimum Gasteiger partial charge on any atom is -0.277 e. The molecule has 0 bridgehead atoms. The van der Waals surface area contributed by atoms with Crippen molar-refractivity contribution in [3.63, 3.8) is 0 Å². The summed E-state index contributed by atoms with van der Waals surface area (Å²) in [5.74, 6) is 0. The lowest BCUT2D eigenvalue weighted by molar-refractivity contribution is -0.384. The van der Waals surface area contributed by atoms with Crippen LogP contribution in [0.2, 0.25) is 0 Å². The first kappa shape index (κ1) is 10.8. The number of benzene rings is 1. The Kier molecular flexibility index (Phi) is 3.00. The summed E-state index contributed by atoms with van der Waals surface area (Å²) in [6, 6.07) is 4.60. The molecule has 1 heterocycles. The van der Waals surface area contributed by atoms with Crippen LogP contribution in [-0.4, -0.2) is 20.5 Å². The van der Waals surface area contributed by atoms with Crippen molar-refractivity contribution < 1.29 is 4.92 Å². The zero-order chi connectivity index (χ0) is 11.5. The van der Waals surface area contributed by atoms with Gasteiger partial charge in [-0.3, -0.25) is 15.2 Å². The molecule has 0 spiro atoms. The molecule has 0 saturated heterocycles. The minimum absolute atomic E-state index is 0.0717. The predicted molar refractivity (Wildman–Crippen MR) is 65.6 cm³/mol. The number of H-pyrrole nitrogens is 1. The van der Waals surface area contributed by atoms with Crippen molar-refractivity contribution >= 4 is 38.6 Å². The summed E-state index contributed by atoms with van der Waals surface area (Å²) < 4.78 is 0. The Morgan fingerprint density at radius 3 is 3.06 bits per heavy atom. The van der Waals surface area contributed by atoms with E-state index in [1.165, 1.54) is 12.1 Å². The molecule has 0 atom stereocenters. The van der Waals surface area contributed by atoms with E-state index in [1.807, 2.05) is 12.2 Å². The van der Waals surface area contributed by atoms with Gasteiger partial charge in [-0.25, -0.2) is 0 Å². The van der Waals surface area contributed by atoms with Crippen LogP contribution in [0.4, 0.5) is 5.69 Å². The van der Waals surface area contributed by atoms with Gasteiger partial charge < -0.3 is 0 Å². The number of nitrogens with zero attached hydrogens (tertiary/aromatic N) is 2. The molecule has 2 aromatic rings. The van der Waals surface area contributed by atoms with Gasteiger partial charge in [0, 0.05) is 22.8 Å². The van der Waals surface area contributed by atoms with E-state index in [0.29, 0.717) is 0 Å². The van der Waals surface area contributed by atoms with Crippen LogP contribution in [0.5, 0.6) is 0 Å². The fraction of sp³-hybridized carbons (Fsp3) is 0.100. The number of fused-ring (bicyclic) bond motifs is 1. The number of non-ortho nitro benzene ring substituents is 1. The lowest BCUT2D eigenvalue weighted by Gasteiger charge is -1.92. The van der Waals surface area contributed by atoms with E-state index < -0.39 is 4.92 Å². The van der Waals surface area contributed by atoms with Gasteiger partial charge in [0.2, 0.25) is 0 Å². The van der Waals surface area contributed by atoms with E-state index >= 15 is 0 Å². The number of halogens is 1. The number of rotatable bonds is 3. The third-order valence-electron chi connectivity index (χ3n) is 2.15. The summed E-state index contributed by atoms with van der Waals surface area (Å²) in [6.45, 7) is 0. The monoisotopic (exact) mass is 281 g/mol. The van der Waals surface area contributed by atoms with Gasteiger partial charge in [0.25, 0.3) is 5.69 Å². The summed E-state index contributed by atoms with van der Waals surface area (Å²) in [5, 5.41) is 19.0. The van der Waals surface area contributed by atoms with Crippen LogP contribution in [0.15, 0.2) is 24.3 Å². The van der Waals surface area contributed by atoms with E-state index in [4.69, 9.17) is 0 Å². The first-order valence-corrected chi connectivity index (χ1v) is 5.69. The fourth-order valence-electron chi connectivity index (χ4n) is 1.42. The summed E-state index contributed by atoms with van der Waals surface area (Å²) in [7, 11) is 0. The van der Waals surface area contributed by atoms with Crippen molar-refractivity contribution in [2.45, 2.75) is 0 Å². The number of hydrogen-bond donors (Lipinski definition) is 1. The quantitative estimate of drug-likeness (QED) is 0.534. The lowest BCUT2D eigenvalue weighted by atomic mass is 10.2. The van der Waals surface area contributed by atoms with Gasteiger partial charge >= 0.3 is 0 Å². The molecule has 1 N–H and O–H groups in total. The SMILES string of the molecule is O=[N+]([O-])c1ccc2n[nH]c(C=CCBr)c2c1. The molecule has 0 aliphatic rings. The van der Waals surface area contributed by atoms with Gasteiger partial charge in [-0.15, -0.1) is 0 Å². The predicted octanol–water partition coefficient (Wildman–Crippen LogP) is 2.88. The molecule has 0 aliphatic heterocycles. The number of nitrogens with one attached hydrogen (secondary N) is 1. The summed E-state index contributed by atoms with van der Waals surface area (Å²) >= 11 is 3.27. The zero-order valence-electron chi connectivity index (χ0n) is 8.18. The Bertz CT molecular complexity index is 562. The molecular formula is C10H8BrN3O2. The Morgan fingerprint density at radius 1 is 1.56 bits per heavy atom. The number of alkyl halides is 1. The van der Waals surface area contributed by atoms with E-state index in [9.17, 15) is 10.1 Å². The Morgan fingerprint density at radius 2 is 2.38 bits per heavy atom. The molecule has 5 nitrogen and oxygen atoms in total. The van der Waals surface area contributed by atoms with Gasteiger partial charge in [0.1, 0.15) is 0 Å². The molecule has 0 radical (unpaired) electrons. The first-order valence-electron chi connectivity index (χ1n) is 4.57. The third-order valence-corrected chi connectivity index (χ3v) is 2.53. The second-order valence-corrected chi connectivity index (χ2v) is 3.80. The second-order valence-electron chi connectivity index (χ2n) is 3.15. The third kappa shape index (κ3) is 1.96. The van der Waals surface area contributed by atoms with Gasteiger partial charge in [-0.2, -0.15) is 5.10 Å². The molecule has 0 unspecified atom stereocenters. The molecule has 1 aromatic carbocycles. The van der Waals surface area contributed by atoms with Crippen LogP contribution in [0.1, 0.15) is 5.69 Å². The van der Waals surface area contributed by atoms with Crippen LogP contribution in [-0.2, 0) is 0 Å². The number of aromatic amines is 1. The van der Waals surface area contributed by atoms with Crippen molar-refractivity contribution in [2.24, 2.45) is 0 Å². The Hall–Kier alpha value is -1.69. The van der Waals surface area contributed by atoms with Gasteiger partial charge in [0.05, 0.1) is 16.1 Å². The highest BCUT2D eigenvalue weighted by atomic mass is 79.9. The topological polar surface area (TPSA) is 71.8 Å². The average molecular weight is 282 g/mol. The van der Waals surface area contributed by atoms with Crippen LogP contribution in [0.25, 0.3) is 17.0 Å². The molecule has 0 fully saturated rings. The molecule has 1 aromatic heterocycles. The fourth-order valence-corrected chi connectivity index (χ4v) is 1.61. The molecule has 82 valence electrons. The molecule has 0 amide bonds. The first-order chi connectivity index (χ1) is 7.72. The Balaban J connectivity index is 2.55. The number of allylic oxidation sites excluding steroid dienone is 1. The number of aromatic nitrogens is 2. The smallest absolute Gasteiger partial charge is 0.270 e. The molecular weight excluding hydrogens is 274 g/mol. The maximum Gasteiger partial charge on any atom is 0.270 e. The van der Waals surface area contributed by atoms with Crippen LogP contribution in [0.3, 0.4) is 0 Å². The summed E-state index contributed by atoms with van der Waals surface area (Å²) in [4.78, 5) is 10.2. The molecule has 2 rings (SSSR count). The van der Waals surface area contributed by atoms with Gasteiger partial charge in [0.15, 0.2) is 0 Å². The van der Waals surface area contributed by atoms with Crippen molar-refractivity contribution in [1.82, 2.24) is 10.2 Å². The van der Waals surface area contributed by atoms with E-state index in [1.54, 1.807) is 6.07 Å². The van der Waals surface area contributed by atoms with E-state index in [-0.39, 0.29) is 5.69 Å². The minimum atomic E-state index is -0.412. The van der Waals surface area contributed by atoms with Crippen molar-refractivity contribution in [2.75, 3.05) is 5.33 Å². The normalized spacial score (nSPS) is 11.3. The Labute approximate surface area is 99.4 Å². The largest absolute Gasteiger partial charge is 0.277 e. The average Bonchev–Trinajstić information content (AvgIpc) is 2.68. The highest BCUT2D eigenvalue weighted by Crippen LogP contribution is 2.22. The number of nitro benzene ring substituents is 1. The molecule has 0 saturated carbocycles. The summed E-state index contributed by atoms with van der Waals surface area (Å²) in [6.07, 6.45) is 3.74. The maximum absolute atomic E-state index is 10.6. The molecule has 16 heavy (non-hydrogen) atoms. The van der Waals surface area contributed by atoms with Crippen molar-refractivity contribution in [1.29, 1.82) is 0 Å². The number of nitro groups is 1.